The maximum absolute atomic E-state index is 12.5. The molecular weight excluding hydrogens is 363 g/mol. The van der Waals surface area contributed by atoms with Crippen LogP contribution in [0.3, 0.4) is 0 Å². The summed E-state index contributed by atoms with van der Waals surface area (Å²) in [5.74, 6) is 0.484. The smallest absolute Gasteiger partial charge is 0.416 e. The molecule has 0 bridgehead atoms. The second-order valence-electron chi connectivity index (χ2n) is 5.55. The van der Waals surface area contributed by atoms with Crippen molar-refractivity contribution in [2.45, 2.75) is 19.7 Å². The molecule has 0 aliphatic heterocycles. The Bertz CT molecular complexity index is 801. The number of benzene rings is 2. The summed E-state index contributed by atoms with van der Waals surface area (Å²) in [4.78, 5) is 5.20. The zero-order valence-corrected chi connectivity index (χ0v) is 14.4. The van der Waals surface area contributed by atoms with Gasteiger partial charge in [0.25, 0.3) is 0 Å². The Morgan fingerprint density at radius 1 is 1.07 bits per heavy atom. The molecule has 0 unspecified atom stereocenters. The number of nitrogens with two attached hydrogens (primary N) is 1. The number of rotatable bonds is 7. The van der Waals surface area contributed by atoms with Crippen molar-refractivity contribution in [2.75, 3.05) is 6.61 Å². The number of halogens is 3. The minimum Gasteiger partial charge on any atom is -0.486 e. The minimum absolute atomic E-state index is 0.0425. The van der Waals surface area contributed by atoms with E-state index in [1.807, 2.05) is 0 Å². The third-order valence-electron chi connectivity index (χ3n) is 3.50. The van der Waals surface area contributed by atoms with E-state index in [-0.39, 0.29) is 19.0 Å². The van der Waals surface area contributed by atoms with Crippen LogP contribution >= 0.6 is 0 Å². The van der Waals surface area contributed by atoms with Crippen LogP contribution in [0.5, 0.6) is 5.75 Å². The van der Waals surface area contributed by atoms with Crippen molar-refractivity contribution in [2.24, 2.45) is 16.0 Å². The van der Waals surface area contributed by atoms with Gasteiger partial charge in [0, 0.05) is 0 Å². The maximum atomic E-state index is 12.5. The quantitative estimate of drug-likeness (QED) is 0.331. The van der Waals surface area contributed by atoms with E-state index in [1.165, 1.54) is 12.1 Å². The fourth-order valence-corrected chi connectivity index (χ4v) is 2.02. The molecule has 6 nitrogen and oxygen atoms in total. The van der Waals surface area contributed by atoms with Crippen molar-refractivity contribution in [3.8, 4) is 5.75 Å². The van der Waals surface area contributed by atoms with E-state index in [9.17, 15) is 13.2 Å². The highest BCUT2D eigenvalue weighted by Crippen LogP contribution is 2.29. The molecule has 3 N–H and O–H groups in total. The van der Waals surface area contributed by atoms with Crippen molar-refractivity contribution in [1.82, 2.24) is 0 Å². The molecule has 0 amide bonds. The molecule has 0 aliphatic carbocycles. The first-order chi connectivity index (χ1) is 12.8. The van der Waals surface area contributed by atoms with Crippen molar-refractivity contribution >= 4 is 11.5 Å². The Morgan fingerprint density at radius 2 is 1.70 bits per heavy atom. The number of nitrogens with zero attached hydrogens (tertiary/aromatic N) is 2. The zero-order chi connectivity index (χ0) is 19.9. The van der Waals surface area contributed by atoms with E-state index in [2.05, 4.69) is 10.3 Å². The van der Waals surface area contributed by atoms with Gasteiger partial charge in [0.15, 0.2) is 5.84 Å². The molecule has 0 spiro atoms. The molecule has 2 aromatic rings. The van der Waals surface area contributed by atoms with Gasteiger partial charge < -0.3 is 20.5 Å². The van der Waals surface area contributed by atoms with Crippen LogP contribution in [0, 0.1) is 0 Å². The molecule has 2 aromatic carbocycles. The van der Waals surface area contributed by atoms with E-state index in [0.29, 0.717) is 17.0 Å². The van der Waals surface area contributed by atoms with E-state index < -0.39 is 11.7 Å². The Balaban J connectivity index is 1.89. The SMILES string of the molecule is C/C(=N\OCc1ccc(C(F)(F)F)cc1)c1ccc(OCC(N)=NO)cc1. The third-order valence-corrected chi connectivity index (χ3v) is 3.50. The highest BCUT2D eigenvalue weighted by atomic mass is 19.4. The molecule has 27 heavy (non-hydrogen) atoms. The molecule has 0 saturated heterocycles. The summed E-state index contributed by atoms with van der Waals surface area (Å²) >= 11 is 0. The van der Waals surface area contributed by atoms with Crippen molar-refractivity contribution < 1.29 is 28.0 Å². The summed E-state index contributed by atoms with van der Waals surface area (Å²) in [6.07, 6.45) is -4.36. The molecule has 0 aromatic heterocycles. The minimum atomic E-state index is -4.36. The Kier molecular flexibility index (Phi) is 6.64. The van der Waals surface area contributed by atoms with Gasteiger partial charge in [-0.2, -0.15) is 13.2 Å². The number of oxime groups is 2. The van der Waals surface area contributed by atoms with Crippen LogP contribution in [0.1, 0.15) is 23.6 Å². The summed E-state index contributed by atoms with van der Waals surface area (Å²) < 4.78 is 42.8. The fourth-order valence-electron chi connectivity index (χ4n) is 2.02. The molecule has 0 aliphatic rings. The first-order valence-electron chi connectivity index (χ1n) is 7.82. The number of hydrogen-bond donors (Lipinski definition) is 2. The standard InChI is InChI=1S/C18H18F3N3O3/c1-12(14-4-8-16(9-5-14)26-11-17(22)23-25)24-27-10-13-2-6-15(7-3-13)18(19,20)21/h2-9,25H,10-11H2,1H3,(H2,22,23)/b24-12+. The van der Waals surface area contributed by atoms with Gasteiger partial charge in [-0.3, -0.25) is 0 Å². The molecule has 144 valence electrons. The summed E-state index contributed by atoms with van der Waals surface area (Å²) in [6.45, 7) is 1.74. The van der Waals surface area contributed by atoms with Gasteiger partial charge in [0.1, 0.15) is 19.0 Å². The average Bonchev–Trinajstić information content (AvgIpc) is 2.66. The second-order valence-corrected chi connectivity index (χ2v) is 5.55. The highest BCUT2D eigenvalue weighted by Gasteiger charge is 2.29. The number of amidine groups is 1. The van der Waals surface area contributed by atoms with Crippen LogP contribution < -0.4 is 10.5 Å². The largest absolute Gasteiger partial charge is 0.486 e. The van der Waals surface area contributed by atoms with Crippen LogP contribution in [0.2, 0.25) is 0 Å². The lowest BCUT2D eigenvalue weighted by molar-refractivity contribution is -0.137. The fraction of sp³-hybridized carbons (Fsp3) is 0.222. The predicted octanol–water partition coefficient (Wildman–Crippen LogP) is 3.77. The van der Waals surface area contributed by atoms with Crippen LogP contribution in [0.15, 0.2) is 58.8 Å². The highest BCUT2D eigenvalue weighted by molar-refractivity contribution is 5.98. The van der Waals surface area contributed by atoms with Gasteiger partial charge in [0.05, 0.1) is 11.3 Å². The molecule has 2 rings (SSSR count). The second kappa shape index (κ2) is 8.93. The van der Waals surface area contributed by atoms with Gasteiger partial charge in [0.2, 0.25) is 0 Å². The summed E-state index contributed by atoms with van der Waals surface area (Å²) in [7, 11) is 0. The van der Waals surface area contributed by atoms with E-state index >= 15 is 0 Å². The Morgan fingerprint density at radius 3 is 2.26 bits per heavy atom. The van der Waals surface area contributed by atoms with Crippen molar-refractivity contribution in [3.63, 3.8) is 0 Å². The maximum Gasteiger partial charge on any atom is 0.416 e. The lowest BCUT2D eigenvalue weighted by Gasteiger charge is -2.08. The summed E-state index contributed by atoms with van der Waals surface area (Å²) in [5, 5.41) is 15.2. The number of hydrogen-bond acceptors (Lipinski definition) is 5. The van der Waals surface area contributed by atoms with Gasteiger partial charge >= 0.3 is 6.18 Å². The lowest BCUT2D eigenvalue weighted by Crippen LogP contribution is -2.20. The van der Waals surface area contributed by atoms with Crippen LogP contribution in [-0.2, 0) is 17.6 Å². The monoisotopic (exact) mass is 381 g/mol. The van der Waals surface area contributed by atoms with Gasteiger partial charge in [-0.1, -0.05) is 22.4 Å². The van der Waals surface area contributed by atoms with Gasteiger partial charge in [-0.15, -0.1) is 0 Å². The van der Waals surface area contributed by atoms with Gasteiger partial charge in [-0.25, -0.2) is 0 Å². The van der Waals surface area contributed by atoms with Crippen LogP contribution in [-0.4, -0.2) is 23.4 Å². The molecule has 0 fully saturated rings. The zero-order valence-electron chi connectivity index (χ0n) is 14.4. The average molecular weight is 381 g/mol. The van der Waals surface area contributed by atoms with Crippen LogP contribution in [0.25, 0.3) is 0 Å². The topological polar surface area (TPSA) is 89.4 Å². The summed E-state index contributed by atoms with van der Waals surface area (Å²) in [5.41, 5.74) is 6.55. The predicted molar refractivity (Wildman–Crippen MR) is 93.8 cm³/mol. The normalized spacial score (nSPS) is 12.7. The van der Waals surface area contributed by atoms with Crippen molar-refractivity contribution in [3.05, 3.63) is 65.2 Å². The first kappa shape index (κ1) is 20.1. The molecule has 0 radical (unpaired) electrons. The van der Waals surface area contributed by atoms with E-state index in [1.54, 1.807) is 31.2 Å². The lowest BCUT2D eigenvalue weighted by atomic mass is 10.1. The van der Waals surface area contributed by atoms with E-state index in [4.69, 9.17) is 20.5 Å². The van der Waals surface area contributed by atoms with Gasteiger partial charge in [-0.05, 0) is 54.4 Å². The van der Waals surface area contributed by atoms with Crippen molar-refractivity contribution in [1.29, 1.82) is 0 Å². The molecule has 0 heterocycles. The first-order valence-corrected chi connectivity index (χ1v) is 7.82. The molecule has 0 atom stereocenters. The molecule has 0 saturated carbocycles. The number of ether oxygens (including phenoxy) is 1. The molecular formula is C18H18F3N3O3. The van der Waals surface area contributed by atoms with Crippen LogP contribution in [0.4, 0.5) is 13.2 Å². The Labute approximate surface area is 153 Å². The Hall–Kier alpha value is -3.23. The summed E-state index contributed by atoms with van der Waals surface area (Å²) in [6, 6.07) is 11.6. The third kappa shape index (κ3) is 6.21. The molecule has 9 heteroatoms. The van der Waals surface area contributed by atoms with E-state index in [0.717, 1.165) is 17.7 Å². The number of alkyl halides is 3.